The van der Waals surface area contributed by atoms with Gasteiger partial charge in [0.25, 0.3) is 5.91 Å². The van der Waals surface area contributed by atoms with Gasteiger partial charge in [-0.25, -0.2) is 12.7 Å². The predicted octanol–water partition coefficient (Wildman–Crippen LogP) is 2.99. The molecule has 7 heteroatoms. The molecule has 0 saturated carbocycles. The van der Waals surface area contributed by atoms with Crippen LogP contribution in [0.5, 0.6) is 0 Å². The van der Waals surface area contributed by atoms with Crippen molar-refractivity contribution in [2.75, 3.05) is 14.1 Å². The van der Waals surface area contributed by atoms with Gasteiger partial charge in [0.1, 0.15) is 0 Å². The predicted molar refractivity (Wildman–Crippen MR) is 105 cm³/mol. The van der Waals surface area contributed by atoms with Crippen molar-refractivity contribution in [1.29, 1.82) is 0 Å². The first-order valence-corrected chi connectivity index (χ1v) is 10.6. The maximum atomic E-state index is 12.7. The second-order valence-electron chi connectivity index (χ2n) is 6.61. The number of carbonyl (C=O) groups excluding carboxylic acids is 1. The average molecular weight is 437 g/mol. The van der Waals surface area contributed by atoms with Crippen LogP contribution in [0.4, 0.5) is 0 Å². The van der Waals surface area contributed by atoms with E-state index in [0.717, 1.165) is 23.6 Å². The third kappa shape index (κ3) is 3.84. The lowest BCUT2D eigenvalue weighted by atomic mass is 9.88. The van der Waals surface area contributed by atoms with Gasteiger partial charge in [-0.3, -0.25) is 4.79 Å². The zero-order valence-electron chi connectivity index (χ0n) is 14.7. The van der Waals surface area contributed by atoms with Crippen molar-refractivity contribution in [3.05, 3.63) is 63.6 Å². The number of sulfonamides is 1. The first kappa shape index (κ1) is 19.1. The van der Waals surface area contributed by atoms with Crippen molar-refractivity contribution in [3.8, 4) is 0 Å². The Morgan fingerprint density at radius 3 is 2.54 bits per heavy atom. The number of nitrogens with one attached hydrogen (secondary N) is 1. The summed E-state index contributed by atoms with van der Waals surface area (Å²) in [4.78, 5) is 12.7. The first-order valence-electron chi connectivity index (χ1n) is 8.39. The number of amides is 1. The molecule has 0 aromatic heterocycles. The lowest BCUT2D eigenvalue weighted by Gasteiger charge is -2.25. The standard InChI is InChI=1S/C19H21BrN2O3S/c1-22(2)26(24,25)18-12-15(8-10-17(18)20)19(23)21-16-9-7-13-5-3-4-6-14(13)11-16/h3-6,8,10,12,16H,7,9,11H2,1-2H3,(H,21,23). The SMILES string of the molecule is CN(C)S(=O)(=O)c1cc(C(=O)NC2CCc3ccccc3C2)ccc1Br. The van der Waals surface area contributed by atoms with Gasteiger partial charge in [-0.15, -0.1) is 0 Å². The smallest absolute Gasteiger partial charge is 0.251 e. The topological polar surface area (TPSA) is 66.5 Å². The van der Waals surface area contributed by atoms with E-state index in [0.29, 0.717) is 10.0 Å². The summed E-state index contributed by atoms with van der Waals surface area (Å²) >= 11 is 3.26. The number of hydrogen-bond donors (Lipinski definition) is 1. The second-order valence-corrected chi connectivity index (χ2v) is 9.59. The molecule has 0 radical (unpaired) electrons. The van der Waals surface area contributed by atoms with E-state index in [1.807, 2.05) is 12.1 Å². The monoisotopic (exact) mass is 436 g/mol. The highest BCUT2D eigenvalue weighted by molar-refractivity contribution is 9.10. The molecule has 0 saturated heterocycles. The summed E-state index contributed by atoms with van der Waals surface area (Å²) in [6.45, 7) is 0. The van der Waals surface area contributed by atoms with Crippen LogP contribution in [0.15, 0.2) is 51.8 Å². The van der Waals surface area contributed by atoms with E-state index in [9.17, 15) is 13.2 Å². The molecule has 0 heterocycles. The fourth-order valence-electron chi connectivity index (χ4n) is 3.13. The number of fused-ring (bicyclic) bond motifs is 1. The number of carbonyl (C=O) groups is 1. The number of hydrogen-bond acceptors (Lipinski definition) is 3. The van der Waals surface area contributed by atoms with Gasteiger partial charge in [0.15, 0.2) is 0 Å². The van der Waals surface area contributed by atoms with Crippen LogP contribution in [0.3, 0.4) is 0 Å². The molecule has 3 rings (SSSR count). The van der Waals surface area contributed by atoms with E-state index in [1.54, 1.807) is 12.1 Å². The van der Waals surface area contributed by atoms with Gasteiger partial charge in [-0.05, 0) is 64.5 Å². The van der Waals surface area contributed by atoms with Crippen molar-refractivity contribution in [1.82, 2.24) is 9.62 Å². The molecule has 1 N–H and O–H groups in total. The third-order valence-electron chi connectivity index (χ3n) is 4.63. The Morgan fingerprint density at radius 1 is 1.15 bits per heavy atom. The van der Waals surface area contributed by atoms with Crippen molar-refractivity contribution in [2.45, 2.75) is 30.2 Å². The van der Waals surface area contributed by atoms with E-state index >= 15 is 0 Å². The van der Waals surface area contributed by atoms with Crippen LogP contribution in [0.1, 0.15) is 27.9 Å². The zero-order valence-corrected chi connectivity index (χ0v) is 17.1. The zero-order chi connectivity index (χ0) is 18.9. The molecular weight excluding hydrogens is 416 g/mol. The molecule has 138 valence electrons. The molecule has 0 aliphatic heterocycles. The summed E-state index contributed by atoms with van der Waals surface area (Å²) in [5.74, 6) is -0.253. The van der Waals surface area contributed by atoms with Crippen molar-refractivity contribution < 1.29 is 13.2 Å². The number of halogens is 1. The second kappa shape index (κ2) is 7.50. The van der Waals surface area contributed by atoms with Crippen LogP contribution >= 0.6 is 15.9 Å². The highest BCUT2D eigenvalue weighted by Crippen LogP contribution is 2.26. The number of aryl methyl sites for hydroxylation is 1. The molecule has 0 fully saturated rings. The maximum Gasteiger partial charge on any atom is 0.251 e. The Hall–Kier alpha value is -1.70. The Balaban J connectivity index is 1.79. The Bertz CT molecular complexity index is 942. The van der Waals surface area contributed by atoms with Gasteiger partial charge in [0.05, 0.1) is 4.90 Å². The van der Waals surface area contributed by atoms with E-state index in [2.05, 4.69) is 33.4 Å². The van der Waals surface area contributed by atoms with Crippen molar-refractivity contribution in [3.63, 3.8) is 0 Å². The lowest BCUT2D eigenvalue weighted by molar-refractivity contribution is 0.0933. The number of nitrogens with zero attached hydrogens (tertiary/aromatic N) is 1. The minimum Gasteiger partial charge on any atom is -0.349 e. The summed E-state index contributed by atoms with van der Waals surface area (Å²) in [6, 6.07) is 13.0. The van der Waals surface area contributed by atoms with Crippen LogP contribution in [0.2, 0.25) is 0 Å². The molecule has 0 bridgehead atoms. The van der Waals surface area contributed by atoms with Crippen LogP contribution in [0.25, 0.3) is 0 Å². The maximum absolute atomic E-state index is 12.7. The van der Waals surface area contributed by atoms with Gasteiger partial charge in [-0.1, -0.05) is 24.3 Å². The Labute approximate surface area is 162 Å². The molecule has 1 aliphatic carbocycles. The molecule has 26 heavy (non-hydrogen) atoms. The lowest BCUT2D eigenvalue weighted by Crippen LogP contribution is -2.39. The minimum absolute atomic E-state index is 0.0509. The average Bonchev–Trinajstić information content (AvgIpc) is 2.61. The quantitative estimate of drug-likeness (QED) is 0.800. The van der Waals surface area contributed by atoms with Crippen LogP contribution in [-0.2, 0) is 22.9 Å². The van der Waals surface area contributed by atoms with Crippen LogP contribution in [0, 0.1) is 0 Å². The Kier molecular flexibility index (Phi) is 5.50. The fraction of sp³-hybridized carbons (Fsp3) is 0.316. The van der Waals surface area contributed by atoms with Gasteiger partial charge in [0.2, 0.25) is 10.0 Å². The summed E-state index contributed by atoms with van der Waals surface area (Å²) in [5.41, 5.74) is 2.93. The van der Waals surface area contributed by atoms with Gasteiger partial charge >= 0.3 is 0 Å². The van der Waals surface area contributed by atoms with Gasteiger partial charge < -0.3 is 5.32 Å². The van der Waals surface area contributed by atoms with E-state index < -0.39 is 10.0 Å². The van der Waals surface area contributed by atoms with Gasteiger partial charge in [0, 0.05) is 30.2 Å². The van der Waals surface area contributed by atoms with E-state index in [1.165, 1.54) is 31.3 Å². The summed E-state index contributed by atoms with van der Waals surface area (Å²) < 4.78 is 26.4. The molecular formula is C19H21BrN2O3S. The highest BCUT2D eigenvalue weighted by atomic mass is 79.9. The van der Waals surface area contributed by atoms with Crippen molar-refractivity contribution >= 4 is 31.9 Å². The first-order chi connectivity index (χ1) is 12.3. The molecule has 1 atom stereocenters. The molecule has 5 nitrogen and oxygen atoms in total. The molecule has 2 aromatic carbocycles. The summed E-state index contributed by atoms with van der Waals surface area (Å²) in [6.07, 6.45) is 2.60. The molecule has 1 amide bonds. The number of rotatable bonds is 4. The fourth-order valence-corrected chi connectivity index (χ4v) is 4.97. The third-order valence-corrected chi connectivity index (χ3v) is 7.44. The Morgan fingerprint density at radius 2 is 1.85 bits per heavy atom. The number of benzene rings is 2. The molecule has 1 aliphatic rings. The largest absolute Gasteiger partial charge is 0.349 e. The summed E-state index contributed by atoms with van der Waals surface area (Å²) in [5, 5.41) is 3.04. The van der Waals surface area contributed by atoms with E-state index in [4.69, 9.17) is 0 Å². The van der Waals surface area contributed by atoms with Crippen LogP contribution in [-0.4, -0.2) is 38.8 Å². The molecule has 1 unspecified atom stereocenters. The van der Waals surface area contributed by atoms with Crippen molar-refractivity contribution in [2.24, 2.45) is 0 Å². The normalized spacial score (nSPS) is 17.0. The van der Waals surface area contributed by atoms with Gasteiger partial charge in [-0.2, -0.15) is 0 Å². The summed E-state index contributed by atoms with van der Waals surface area (Å²) in [7, 11) is -0.698. The van der Waals surface area contributed by atoms with E-state index in [-0.39, 0.29) is 16.8 Å². The highest BCUT2D eigenvalue weighted by Gasteiger charge is 2.24. The minimum atomic E-state index is -3.63. The van der Waals surface area contributed by atoms with Crippen LogP contribution < -0.4 is 5.32 Å². The molecule has 2 aromatic rings. The molecule has 0 spiro atoms.